The van der Waals surface area contributed by atoms with Gasteiger partial charge in [0, 0.05) is 0 Å². The summed E-state index contributed by atoms with van der Waals surface area (Å²) in [6, 6.07) is 0. The van der Waals surface area contributed by atoms with Crippen molar-refractivity contribution in [3.8, 4) is 0 Å². The van der Waals surface area contributed by atoms with Crippen molar-refractivity contribution >= 4 is 21.7 Å². The van der Waals surface area contributed by atoms with Gasteiger partial charge in [0.1, 0.15) is 4.47 Å². The van der Waals surface area contributed by atoms with Gasteiger partial charge in [0.2, 0.25) is 0 Å². The molecule has 1 aromatic heterocycles. The van der Waals surface area contributed by atoms with Crippen LogP contribution in [0.4, 0.5) is 5.82 Å². The zero-order valence-electron chi connectivity index (χ0n) is 9.51. The maximum Gasteiger partial charge on any atom is 0.404 e. The number of aromatic nitrogens is 2. The largest absolute Gasteiger partial charge is 0.404 e. The Hall–Kier alpha value is -0.950. The van der Waals surface area contributed by atoms with Crippen LogP contribution in [0.25, 0.3) is 0 Å². The molecule has 0 amide bonds. The van der Waals surface area contributed by atoms with Gasteiger partial charge in [-0.2, -0.15) is 4.68 Å². The number of nitrogens with zero attached hydrogens (tertiary/aromatic N) is 4. The lowest BCUT2D eigenvalue weighted by molar-refractivity contribution is -0.390. The first-order chi connectivity index (χ1) is 8.16. The second-order valence-corrected chi connectivity index (χ2v) is 5.08. The average Bonchev–Trinajstić information content (AvgIpc) is 2.88. The third kappa shape index (κ3) is 3.26. The van der Waals surface area contributed by atoms with Crippen molar-refractivity contribution in [1.82, 2.24) is 14.7 Å². The van der Waals surface area contributed by atoms with E-state index in [9.17, 15) is 10.1 Å². The van der Waals surface area contributed by atoms with Crippen LogP contribution < -0.4 is 0 Å². The van der Waals surface area contributed by atoms with E-state index in [1.807, 2.05) is 0 Å². The first kappa shape index (κ1) is 12.5. The Labute approximate surface area is 108 Å². The first-order valence-electron chi connectivity index (χ1n) is 5.76. The summed E-state index contributed by atoms with van der Waals surface area (Å²) in [6.07, 6.45) is 5.23. The fourth-order valence-corrected chi connectivity index (χ4v) is 2.55. The van der Waals surface area contributed by atoms with Crippen molar-refractivity contribution in [2.24, 2.45) is 0 Å². The third-order valence-corrected chi connectivity index (χ3v) is 3.49. The molecule has 0 aliphatic carbocycles. The van der Waals surface area contributed by atoms with Gasteiger partial charge in [-0.3, -0.25) is 0 Å². The second kappa shape index (κ2) is 5.59. The van der Waals surface area contributed by atoms with Crippen molar-refractivity contribution < 1.29 is 4.92 Å². The Morgan fingerprint density at radius 1 is 1.41 bits per heavy atom. The minimum absolute atomic E-state index is 0.105. The molecule has 94 valence electrons. The molecule has 17 heavy (non-hydrogen) atoms. The molecule has 0 unspecified atom stereocenters. The number of aryl methyl sites for hydroxylation is 1. The zero-order valence-corrected chi connectivity index (χ0v) is 11.1. The summed E-state index contributed by atoms with van der Waals surface area (Å²) in [5.74, 6) is -0.105. The predicted molar refractivity (Wildman–Crippen MR) is 66.9 cm³/mol. The van der Waals surface area contributed by atoms with Gasteiger partial charge in [-0.15, -0.1) is 0 Å². The monoisotopic (exact) mass is 302 g/mol. The van der Waals surface area contributed by atoms with Crippen molar-refractivity contribution in [2.45, 2.75) is 25.8 Å². The van der Waals surface area contributed by atoms with Gasteiger partial charge in [0.05, 0.1) is 17.8 Å². The van der Waals surface area contributed by atoms with Gasteiger partial charge in [-0.05, 0) is 59.7 Å². The van der Waals surface area contributed by atoms with Gasteiger partial charge in [-0.25, -0.2) is 0 Å². The molecule has 0 N–H and O–H groups in total. The molecule has 1 fully saturated rings. The summed E-state index contributed by atoms with van der Waals surface area (Å²) in [7, 11) is 0. The standard InChI is InChI=1S/C10H15BrN4O2/c11-9-8-14(12-10(9)15(16)17)7-3-6-13-4-1-2-5-13/h8H,1-7H2. The molecular weight excluding hydrogens is 288 g/mol. The van der Waals surface area contributed by atoms with E-state index in [-0.39, 0.29) is 5.82 Å². The summed E-state index contributed by atoms with van der Waals surface area (Å²) in [5, 5.41) is 14.5. The highest BCUT2D eigenvalue weighted by Gasteiger charge is 2.18. The quantitative estimate of drug-likeness (QED) is 0.617. The van der Waals surface area contributed by atoms with E-state index in [2.05, 4.69) is 25.9 Å². The molecule has 0 radical (unpaired) electrons. The van der Waals surface area contributed by atoms with Crippen molar-refractivity contribution in [2.75, 3.05) is 19.6 Å². The fourth-order valence-electron chi connectivity index (χ4n) is 2.09. The van der Waals surface area contributed by atoms with Gasteiger partial charge < -0.3 is 15.0 Å². The Morgan fingerprint density at radius 2 is 2.12 bits per heavy atom. The van der Waals surface area contributed by atoms with Gasteiger partial charge >= 0.3 is 5.82 Å². The molecule has 0 atom stereocenters. The summed E-state index contributed by atoms with van der Waals surface area (Å²) in [4.78, 5) is 12.6. The van der Waals surface area contributed by atoms with Gasteiger partial charge in [0.25, 0.3) is 0 Å². The van der Waals surface area contributed by atoms with Crippen LogP contribution in [0.1, 0.15) is 19.3 Å². The lowest BCUT2D eigenvalue weighted by Gasteiger charge is -2.12. The minimum Gasteiger partial charge on any atom is -0.358 e. The van der Waals surface area contributed by atoms with Crippen LogP contribution in [-0.4, -0.2) is 39.2 Å². The SMILES string of the molecule is O=[N+]([O-])c1nn(CCCN2CCCC2)cc1Br. The van der Waals surface area contributed by atoms with Crippen LogP contribution in [0.5, 0.6) is 0 Å². The smallest absolute Gasteiger partial charge is 0.358 e. The number of halogens is 1. The summed E-state index contributed by atoms with van der Waals surface area (Å²) in [5.41, 5.74) is 0. The molecule has 0 bridgehead atoms. The van der Waals surface area contributed by atoms with Gasteiger partial charge in [0.15, 0.2) is 0 Å². The maximum atomic E-state index is 10.6. The molecular formula is C10H15BrN4O2. The van der Waals surface area contributed by atoms with Crippen LogP contribution in [0, 0.1) is 10.1 Å². The minimum atomic E-state index is -0.471. The van der Waals surface area contributed by atoms with Crippen LogP contribution in [0.2, 0.25) is 0 Å². The fraction of sp³-hybridized carbons (Fsp3) is 0.700. The molecule has 2 heterocycles. The summed E-state index contributed by atoms with van der Waals surface area (Å²) in [6.45, 7) is 4.14. The summed E-state index contributed by atoms with van der Waals surface area (Å²) >= 11 is 3.14. The highest BCUT2D eigenvalue weighted by atomic mass is 79.9. The highest BCUT2D eigenvalue weighted by molar-refractivity contribution is 9.10. The third-order valence-electron chi connectivity index (χ3n) is 2.93. The van der Waals surface area contributed by atoms with E-state index in [0.29, 0.717) is 4.47 Å². The van der Waals surface area contributed by atoms with Crippen molar-refractivity contribution in [3.63, 3.8) is 0 Å². The number of likely N-dealkylation sites (tertiary alicyclic amines) is 1. The average molecular weight is 303 g/mol. The predicted octanol–water partition coefficient (Wildman–Crippen LogP) is 2.04. The molecule has 1 saturated heterocycles. The zero-order chi connectivity index (χ0) is 12.3. The lowest BCUT2D eigenvalue weighted by Crippen LogP contribution is -2.21. The van der Waals surface area contributed by atoms with Crippen LogP contribution in [0.15, 0.2) is 10.7 Å². The van der Waals surface area contributed by atoms with Crippen LogP contribution in [-0.2, 0) is 6.54 Å². The van der Waals surface area contributed by atoms with E-state index < -0.39 is 4.92 Å². The number of rotatable bonds is 5. The molecule has 1 aromatic rings. The Kier molecular flexibility index (Phi) is 4.11. The molecule has 0 aromatic carbocycles. The molecule has 0 spiro atoms. The van der Waals surface area contributed by atoms with Crippen LogP contribution in [0.3, 0.4) is 0 Å². The Bertz CT molecular complexity index is 401. The van der Waals surface area contributed by atoms with E-state index in [1.165, 1.54) is 25.9 Å². The molecule has 6 nitrogen and oxygen atoms in total. The van der Waals surface area contributed by atoms with Crippen LogP contribution >= 0.6 is 15.9 Å². The number of nitro groups is 1. The second-order valence-electron chi connectivity index (χ2n) is 4.22. The van der Waals surface area contributed by atoms with Gasteiger partial charge in [-0.1, -0.05) is 0 Å². The Morgan fingerprint density at radius 3 is 2.71 bits per heavy atom. The summed E-state index contributed by atoms with van der Waals surface area (Å²) < 4.78 is 2.09. The van der Waals surface area contributed by atoms with Crippen molar-refractivity contribution in [3.05, 3.63) is 20.8 Å². The molecule has 2 rings (SSSR count). The van der Waals surface area contributed by atoms with E-state index in [1.54, 1.807) is 10.9 Å². The Balaban J connectivity index is 1.82. The van der Waals surface area contributed by atoms with Crippen molar-refractivity contribution in [1.29, 1.82) is 0 Å². The van der Waals surface area contributed by atoms with E-state index >= 15 is 0 Å². The molecule has 1 aliphatic rings. The first-order valence-corrected chi connectivity index (χ1v) is 6.56. The maximum absolute atomic E-state index is 10.6. The number of hydrogen-bond donors (Lipinski definition) is 0. The molecule has 0 saturated carbocycles. The number of hydrogen-bond acceptors (Lipinski definition) is 4. The topological polar surface area (TPSA) is 64.2 Å². The molecule has 7 heteroatoms. The highest BCUT2D eigenvalue weighted by Crippen LogP contribution is 2.22. The van der Waals surface area contributed by atoms with E-state index in [0.717, 1.165) is 19.5 Å². The normalized spacial score (nSPS) is 16.5. The lowest BCUT2D eigenvalue weighted by atomic mass is 10.4. The van der Waals surface area contributed by atoms with E-state index in [4.69, 9.17) is 0 Å². The molecule has 1 aliphatic heterocycles.